The number of carbonyl (C=O) groups is 2. The maximum Gasteiger partial charge on any atom is 0.322 e. The number of carbonyl (C=O) groups excluding carboxylic acids is 2. The second kappa shape index (κ2) is 11.8. The van der Waals surface area contributed by atoms with Crippen LogP contribution >= 0.6 is 0 Å². The zero-order valence-corrected chi connectivity index (χ0v) is 17.5. The predicted octanol–water partition coefficient (Wildman–Crippen LogP) is 2.66. The van der Waals surface area contributed by atoms with Crippen molar-refractivity contribution in [2.45, 2.75) is 26.2 Å². The molecule has 0 unspecified atom stereocenters. The first-order valence-corrected chi connectivity index (χ1v) is 9.58. The summed E-state index contributed by atoms with van der Waals surface area (Å²) in [5.74, 6) is -2.44. The molecule has 0 bridgehead atoms. The minimum Gasteiger partial charge on any atom is -0.465 e. The van der Waals surface area contributed by atoms with Crippen molar-refractivity contribution in [2.24, 2.45) is 5.92 Å². The number of rotatable bonds is 11. The van der Waals surface area contributed by atoms with E-state index < -0.39 is 30.2 Å². The number of hydrogen-bond acceptors (Lipinski definition) is 9. The second-order valence-corrected chi connectivity index (χ2v) is 6.12. The summed E-state index contributed by atoms with van der Waals surface area (Å²) < 4.78 is 20.8. The van der Waals surface area contributed by atoms with Crippen LogP contribution in [0, 0.1) is 5.92 Å². The van der Waals surface area contributed by atoms with Crippen LogP contribution in [0.4, 0.5) is 5.95 Å². The van der Waals surface area contributed by atoms with Crippen LogP contribution in [0.1, 0.15) is 37.4 Å². The molecule has 162 valence electrons. The Hall–Kier alpha value is -3.04. The normalized spacial score (nSPS) is 11.9. The van der Waals surface area contributed by atoms with Crippen molar-refractivity contribution in [3.05, 3.63) is 53.9 Å². The van der Waals surface area contributed by atoms with Gasteiger partial charge in [-0.05, 0) is 25.5 Å². The Bertz CT molecular complexity index is 795. The van der Waals surface area contributed by atoms with Crippen LogP contribution in [0.2, 0.25) is 0 Å². The maximum absolute atomic E-state index is 12.7. The fraction of sp³-hybridized carbons (Fsp3) is 0.429. The summed E-state index contributed by atoms with van der Waals surface area (Å²) in [6, 6.07) is 9.86. The highest BCUT2D eigenvalue weighted by Gasteiger charge is 2.39. The molecule has 0 saturated heterocycles. The van der Waals surface area contributed by atoms with Crippen LogP contribution in [-0.4, -0.2) is 49.3 Å². The van der Waals surface area contributed by atoms with Gasteiger partial charge in [-0.25, -0.2) is 9.97 Å². The summed E-state index contributed by atoms with van der Waals surface area (Å²) in [5.41, 5.74) is 1.15. The lowest BCUT2D eigenvalue weighted by atomic mass is 9.93. The highest BCUT2D eigenvalue weighted by atomic mass is 16.7. The summed E-state index contributed by atoms with van der Waals surface area (Å²) in [5, 5.41) is 3.08. The number of nitrogens with zero attached hydrogens (tertiary/aromatic N) is 2. The third-order valence-electron chi connectivity index (χ3n) is 4.20. The van der Waals surface area contributed by atoms with Gasteiger partial charge in [0.05, 0.1) is 19.3 Å². The molecule has 9 nitrogen and oxygen atoms in total. The molecule has 0 amide bonds. The molecule has 1 aromatic carbocycles. The molecule has 9 heteroatoms. The van der Waals surface area contributed by atoms with E-state index in [1.54, 1.807) is 44.2 Å². The number of nitrogens with one attached hydrogen (secondary N) is 1. The second-order valence-electron chi connectivity index (χ2n) is 6.12. The highest BCUT2D eigenvalue weighted by molar-refractivity contribution is 5.96. The molecule has 0 fully saturated rings. The Morgan fingerprint density at radius 1 is 0.967 bits per heavy atom. The molecular formula is C21H27N3O6. The van der Waals surface area contributed by atoms with E-state index in [2.05, 4.69) is 15.3 Å². The van der Waals surface area contributed by atoms with Gasteiger partial charge in [-0.2, -0.15) is 0 Å². The first kappa shape index (κ1) is 23.2. The van der Waals surface area contributed by atoms with Crippen molar-refractivity contribution < 1.29 is 28.5 Å². The number of methoxy groups -OCH3 is 2. The molecule has 2 rings (SSSR count). The number of benzene rings is 1. The third kappa shape index (κ3) is 5.98. The largest absolute Gasteiger partial charge is 0.465 e. The summed E-state index contributed by atoms with van der Waals surface area (Å²) in [6.45, 7) is 3.61. The molecule has 2 aromatic rings. The molecule has 1 atom stereocenters. The summed E-state index contributed by atoms with van der Waals surface area (Å²) in [6.07, 6.45) is 0.844. The van der Waals surface area contributed by atoms with Crippen LogP contribution in [0.5, 0.6) is 0 Å². The molecule has 0 spiro atoms. The van der Waals surface area contributed by atoms with E-state index in [1.807, 2.05) is 6.07 Å². The number of esters is 2. The number of anilines is 1. The summed E-state index contributed by atoms with van der Waals surface area (Å²) in [4.78, 5) is 34.0. The average Bonchev–Trinajstić information content (AvgIpc) is 2.75. The van der Waals surface area contributed by atoms with Crippen LogP contribution < -0.4 is 5.32 Å². The Balaban J connectivity index is 2.46. The molecule has 1 heterocycles. The zero-order chi connectivity index (χ0) is 21.9. The third-order valence-corrected chi connectivity index (χ3v) is 4.20. The lowest BCUT2D eigenvalue weighted by Crippen LogP contribution is -2.37. The van der Waals surface area contributed by atoms with E-state index >= 15 is 0 Å². The zero-order valence-electron chi connectivity index (χ0n) is 17.5. The Kier molecular flexibility index (Phi) is 9.17. The smallest absolute Gasteiger partial charge is 0.322 e. The number of hydrogen-bond donors (Lipinski definition) is 1. The van der Waals surface area contributed by atoms with Gasteiger partial charge in [-0.15, -0.1) is 0 Å². The van der Waals surface area contributed by atoms with Gasteiger partial charge in [0, 0.05) is 20.4 Å². The number of aromatic nitrogens is 2. The van der Waals surface area contributed by atoms with Gasteiger partial charge < -0.3 is 24.3 Å². The Labute approximate surface area is 175 Å². The van der Waals surface area contributed by atoms with Gasteiger partial charge in [-0.1, -0.05) is 30.3 Å². The first-order chi connectivity index (χ1) is 14.5. The molecule has 0 radical (unpaired) electrons. The fourth-order valence-corrected chi connectivity index (χ4v) is 2.90. The van der Waals surface area contributed by atoms with Crippen LogP contribution in [-0.2, 0) is 28.5 Å². The van der Waals surface area contributed by atoms with Crippen molar-refractivity contribution in [1.82, 2.24) is 9.97 Å². The van der Waals surface area contributed by atoms with Crippen molar-refractivity contribution in [2.75, 3.05) is 32.8 Å². The monoisotopic (exact) mass is 417 g/mol. The summed E-state index contributed by atoms with van der Waals surface area (Å²) in [7, 11) is 2.99. The van der Waals surface area contributed by atoms with E-state index in [9.17, 15) is 9.59 Å². The van der Waals surface area contributed by atoms with E-state index in [4.69, 9.17) is 18.9 Å². The van der Waals surface area contributed by atoms with Gasteiger partial charge in [0.15, 0.2) is 5.92 Å². The van der Waals surface area contributed by atoms with E-state index in [-0.39, 0.29) is 19.2 Å². The van der Waals surface area contributed by atoms with E-state index in [0.717, 1.165) is 0 Å². The molecule has 1 aromatic heterocycles. The van der Waals surface area contributed by atoms with Crippen LogP contribution in [0.25, 0.3) is 0 Å². The van der Waals surface area contributed by atoms with Crippen molar-refractivity contribution in [1.29, 1.82) is 0 Å². The van der Waals surface area contributed by atoms with Crippen LogP contribution in [0.3, 0.4) is 0 Å². The maximum atomic E-state index is 12.7. The average molecular weight is 417 g/mol. The molecule has 1 N–H and O–H groups in total. The van der Waals surface area contributed by atoms with E-state index in [1.165, 1.54) is 20.4 Å². The highest BCUT2D eigenvalue weighted by Crippen LogP contribution is 2.28. The predicted molar refractivity (Wildman–Crippen MR) is 108 cm³/mol. The topological polar surface area (TPSA) is 109 Å². The first-order valence-electron chi connectivity index (χ1n) is 9.58. The van der Waals surface area contributed by atoms with Gasteiger partial charge in [0.2, 0.25) is 12.2 Å². The lowest BCUT2D eigenvalue weighted by molar-refractivity contribution is -0.162. The van der Waals surface area contributed by atoms with Crippen LogP contribution in [0.15, 0.2) is 42.6 Å². The fourth-order valence-electron chi connectivity index (χ4n) is 2.90. The van der Waals surface area contributed by atoms with Gasteiger partial charge in [0.1, 0.15) is 5.69 Å². The molecule has 0 saturated carbocycles. The van der Waals surface area contributed by atoms with Crippen molar-refractivity contribution >= 4 is 17.9 Å². The minimum atomic E-state index is -1.25. The molecular weight excluding hydrogens is 390 g/mol. The Morgan fingerprint density at radius 2 is 1.57 bits per heavy atom. The minimum absolute atomic E-state index is 0.131. The van der Waals surface area contributed by atoms with Crippen molar-refractivity contribution in [3.8, 4) is 0 Å². The van der Waals surface area contributed by atoms with E-state index in [0.29, 0.717) is 11.3 Å². The Morgan fingerprint density at radius 3 is 2.10 bits per heavy atom. The molecule has 0 aliphatic heterocycles. The van der Waals surface area contributed by atoms with Crippen molar-refractivity contribution in [3.63, 3.8) is 0 Å². The standard InChI is InChI=1S/C21H27N3O6/c1-5-29-18(25)16(19(26)30-6-2)17(14-10-8-7-9-11-14)24-21-22-13-12-15(23-21)20(27-3)28-4/h7-13,16-17,20H,5-6H2,1-4H3,(H,22,23,24)/t17-/m0/s1. The lowest BCUT2D eigenvalue weighted by Gasteiger charge is -2.26. The number of ether oxygens (including phenoxy) is 4. The summed E-state index contributed by atoms with van der Waals surface area (Å²) >= 11 is 0. The van der Waals surface area contributed by atoms with Gasteiger partial charge in [0.25, 0.3) is 0 Å². The molecule has 0 aliphatic carbocycles. The molecule has 30 heavy (non-hydrogen) atoms. The SMILES string of the molecule is CCOC(=O)C(C(=O)OCC)[C@@H](Nc1nccc(C(OC)OC)n1)c1ccccc1. The van der Waals surface area contributed by atoms with Gasteiger partial charge >= 0.3 is 11.9 Å². The van der Waals surface area contributed by atoms with Gasteiger partial charge in [-0.3, -0.25) is 9.59 Å². The molecule has 0 aliphatic rings. The quantitative estimate of drug-likeness (QED) is 0.335.